The number of carbonyl (C=O) groups is 1. The molecule has 1 N–H and O–H groups in total. The van der Waals surface area contributed by atoms with Crippen LogP contribution >= 0.6 is 11.6 Å². The van der Waals surface area contributed by atoms with Crippen molar-refractivity contribution in [2.24, 2.45) is 0 Å². The number of carbonyl (C=O) groups excluding carboxylic acids is 1. The van der Waals surface area contributed by atoms with E-state index in [9.17, 15) is 4.79 Å². The van der Waals surface area contributed by atoms with Gasteiger partial charge in [-0.2, -0.15) is 0 Å². The summed E-state index contributed by atoms with van der Waals surface area (Å²) in [4.78, 5) is 15.7. The highest BCUT2D eigenvalue weighted by atomic mass is 35.5. The molecular formula is C11H9ClN4O2. The van der Waals surface area contributed by atoms with Crippen LogP contribution < -0.4 is 5.32 Å². The van der Waals surface area contributed by atoms with Crippen LogP contribution in [0.4, 0.5) is 6.01 Å². The Bertz CT molecular complexity index is 594. The SMILES string of the molecule is O=C(Nc1nnc(C2CC2)o1)c1cc(Cl)ccn1. The lowest BCUT2D eigenvalue weighted by Gasteiger charge is -1.99. The normalized spacial score (nSPS) is 14.5. The Morgan fingerprint density at radius 3 is 3.00 bits per heavy atom. The first-order valence-corrected chi connectivity index (χ1v) is 5.86. The molecule has 2 aromatic heterocycles. The van der Waals surface area contributed by atoms with Crippen LogP contribution in [0.15, 0.2) is 22.7 Å². The standard InChI is InChI=1S/C11H9ClN4O2/c12-7-3-4-13-8(5-7)9(17)14-11-16-15-10(18-11)6-1-2-6/h3-6H,1-2H2,(H,14,16,17). The van der Waals surface area contributed by atoms with E-state index >= 15 is 0 Å². The van der Waals surface area contributed by atoms with Crippen LogP contribution in [-0.2, 0) is 0 Å². The number of anilines is 1. The Morgan fingerprint density at radius 1 is 1.44 bits per heavy atom. The molecule has 2 aromatic rings. The molecule has 0 radical (unpaired) electrons. The van der Waals surface area contributed by atoms with Gasteiger partial charge < -0.3 is 4.42 Å². The van der Waals surface area contributed by atoms with Crippen molar-refractivity contribution in [2.45, 2.75) is 18.8 Å². The van der Waals surface area contributed by atoms with E-state index in [1.165, 1.54) is 12.3 Å². The van der Waals surface area contributed by atoms with Crippen LogP contribution in [0, 0.1) is 0 Å². The summed E-state index contributed by atoms with van der Waals surface area (Å²) in [5.41, 5.74) is 0.202. The van der Waals surface area contributed by atoms with Crippen LogP contribution in [0.5, 0.6) is 0 Å². The Hall–Kier alpha value is -1.95. The number of hydrogen-bond acceptors (Lipinski definition) is 5. The van der Waals surface area contributed by atoms with Gasteiger partial charge in [-0.1, -0.05) is 16.7 Å². The first-order valence-electron chi connectivity index (χ1n) is 5.48. The van der Waals surface area contributed by atoms with Gasteiger partial charge in [0.15, 0.2) is 0 Å². The summed E-state index contributed by atoms with van der Waals surface area (Å²) >= 11 is 5.77. The summed E-state index contributed by atoms with van der Waals surface area (Å²) in [6, 6.07) is 3.15. The molecule has 0 aliphatic heterocycles. The summed E-state index contributed by atoms with van der Waals surface area (Å²) in [7, 11) is 0. The second-order valence-electron chi connectivity index (χ2n) is 4.03. The number of halogens is 1. The molecule has 7 heteroatoms. The summed E-state index contributed by atoms with van der Waals surface area (Å²) < 4.78 is 5.32. The third-order valence-corrected chi connectivity index (χ3v) is 2.78. The van der Waals surface area contributed by atoms with E-state index in [4.69, 9.17) is 16.0 Å². The van der Waals surface area contributed by atoms with Gasteiger partial charge in [-0.25, -0.2) is 0 Å². The number of rotatable bonds is 3. The topological polar surface area (TPSA) is 80.9 Å². The third-order valence-electron chi connectivity index (χ3n) is 2.54. The minimum absolute atomic E-state index is 0.0867. The quantitative estimate of drug-likeness (QED) is 0.919. The lowest BCUT2D eigenvalue weighted by atomic mass is 10.3. The van der Waals surface area contributed by atoms with Gasteiger partial charge >= 0.3 is 6.01 Å². The predicted molar refractivity (Wildman–Crippen MR) is 63.5 cm³/mol. The summed E-state index contributed by atoms with van der Waals surface area (Å²) in [6.07, 6.45) is 3.58. The molecule has 1 amide bonds. The summed E-state index contributed by atoms with van der Waals surface area (Å²) in [5.74, 6) is 0.500. The van der Waals surface area contributed by atoms with Crippen molar-refractivity contribution < 1.29 is 9.21 Å². The second kappa shape index (κ2) is 4.38. The predicted octanol–water partition coefficient (Wildman–Crippen LogP) is 2.25. The molecule has 18 heavy (non-hydrogen) atoms. The van der Waals surface area contributed by atoms with Gasteiger partial charge in [0, 0.05) is 17.1 Å². The van der Waals surface area contributed by atoms with Gasteiger partial charge in [-0.15, -0.1) is 5.10 Å². The average Bonchev–Trinajstić information content (AvgIpc) is 3.11. The average molecular weight is 265 g/mol. The molecular weight excluding hydrogens is 256 g/mol. The molecule has 1 aliphatic carbocycles. The van der Waals surface area contributed by atoms with Crippen molar-refractivity contribution in [3.63, 3.8) is 0 Å². The van der Waals surface area contributed by atoms with Gasteiger partial charge in [-0.3, -0.25) is 15.1 Å². The summed E-state index contributed by atoms with van der Waals surface area (Å²) in [6.45, 7) is 0. The Morgan fingerprint density at radius 2 is 2.28 bits per heavy atom. The molecule has 0 saturated heterocycles. The van der Waals surface area contributed by atoms with Crippen LogP contribution in [0.2, 0.25) is 5.02 Å². The van der Waals surface area contributed by atoms with E-state index in [0.29, 0.717) is 16.8 Å². The fourth-order valence-electron chi connectivity index (χ4n) is 1.47. The minimum atomic E-state index is -0.427. The van der Waals surface area contributed by atoms with Crippen molar-refractivity contribution in [2.75, 3.05) is 5.32 Å². The van der Waals surface area contributed by atoms with Gasteiger partial charge in [0.25, 0.3) is 5.91 Å². The van der Waals surface area contributed by atoms with Crippen molar-refractivity contribution >= 4 is 23.5 Å². The number of nitrogens with zero attached hydrogens (tertiary/aromatic N) is 3. The highest BCUT2D eigenvalue weighted by Gasteiger charge is 2.29. The molecule has 0 unspecified atom stereocenters. The maximum atomic E-state index is 11.8. The van der Waals surface area contributed by atoms with Gasteiger partial charge in [-0.05, 0) is 25.0 Å². The van der Waals surface area contributed by atoms with E-state index < -0.39 is 5.91 Å². The third kappa shape index (κ3) is 2.33. The molecule has 3 rings (SSSR count). The molecule has 92 valence electrons. The Labute approximate surface area is 107 Å². The number of nitrogens with one attached hydrogen (secondary N) is 1. The van der Waals surface area contributed by atoms with Crippen molar-refractivity contribution in [1.82, 2.24) is 15.2 Å². The van der Waals surface area contributed by atoms with E-state index in [-0.39, 0.29) is 11.7 Å². The summed E-state index contributed by atoms with van der Waals surface area (Å²) in [5, 5.41) is 10.6. The molecule has 2 heterocycles. The second-order valence-corrected chi connectivity index (χ2v) is 4.47. The number of amides is 1. The van der Waals surface area contributed by atoms with Crippen LogP contribution in [-0.4, -0.2) is 21.1 Å². The smallest absolute Gasteiger partial charge is 0.322 e. The Kier molecular flexibility index (Phi) is 2.71. The van der Waals surface area contributed by atoms with Crippen molar-refractivity contribution in [1.29, 1.82) is 0 Å². The van der Waals surface area contributed by atoms with E-state index in [1.54, 1.807) is 6.07 Å². The van der Waals surface area contributed by atoms with Gasteiger partial charge in [0.2, 0.25) is 5.89 Å². The molecule has 0 atom stereocenters. The zero-order valence-corrected chi connectivity index (χ0v) is 10.0. The van der Waals surface area contributed by atoms with Crippen molar-refractivity contribution in [3.05, 3.63) is 34.9 Å². The molecule has 1 saturated carbocycles. The monoisotopic (exact) mass is 264 g/mol. The lowest BCUT2D eigenvalue weighted by molar-refractivity contribution is 0.101. The first kappa shape index (κ1) is 11.2. The number of hydrogen-bond donors (Lipinski definition) is 1. The zero-order valence-electron chi connectivity index (χ0n) is 9.26. The van der Waals surface area contributed by atoms with Crippen molar-refractivity contribution in [3.8, 4) is 0 Å². The van der Waals surface area contributed by atoms with E-state index in [0.717, 1.165) is 12.8 Å². The number of aromatic nitrogens is 3. The highest BCUT2D eigenvalue weighted by molar-refractivity contribution is 6.30. The molecule has 6 nitrogen and oxygen atoms in total. The van der Waals surface area contributed by atoms with Gasteiger partial charge in [0.1, 0.15) is 5.69 Å². The highest BCUT2D eigenvalue weighted by Crippen LogP contribution is 2.39. The zero-order chi connectivity index (χ0) is 12.5. The molecule has 0 bridgehead atoms. The number of pyridine rings is 1. The van der Waals surface area contributed by atoms with E-state index in [2.05, 4.69) is 20.5 Å². The Balaban J connectivity index is 1.73. The maximum Gasteiger partial charge on any atom is 0.322 e. The minimum Gasteiger partial charge on any atom is -0.408 e. The van der Waals surface area contributed by atoms with Crippen LogP contribution in [0.3, 0.4) is 0 Å². The molecule has 1 fully saturated rings. The largest absolute Gasteiger partial charge is 0.408 e. The van der Waals surface area contributed by atoms with Crippen LogP contribution in [0.25, 0.3) is 0 Å². The molecule has 1 aliphatic rings. The molecule has 0 aromatic carbocycles. The van der Waals surface area contributed by atoms with Gasteiger partial charge in [0.05, 0.1) is 0 Å². The lowest BCUT2D eigenvalue weighted by Crippen LogP contribution is -2.13. The maximum absolute atomic E-state index is 11.8. The fourth-order valence-corrected chi connectivity index (χ4v) is 1.63. The van der Waals surface area contributed by atoms with Crippen LogP contribution in [0.1, 0.15) is 35.1 Å². The molecule has 0 spiro atoms. The van der Waals surface area contributed by atoms with E-state index in [1.807, 2.05) is 0 Å². The first-order chi connectivity index (χ1) is 8.72. The fraction of sp³-hybridized carbons (Fsp3) is 0.273.